The maximum absolute atomic E-state index is 10.4. The van der Waals surface area contributed by atoms with Crippen molar-refractivity contribution in [1.82, 2.24) is 10.2 Å². The van der Waals surface area contributed by atoms with E-state index in [4.69, 9.17) is 38.8 Å². The average Bonchev–Trinajstić information content (AvgIpc) is 2.97. The molecule has 3 nitrogen and oxygen atoms in total. The molecule has 20 heavy (non-hydrogen) atoms. The summed E-state index contributed by atoms with van der Waals surface area (Å²) >= 11 is 0. The zero-order valence-corrected chi connectivity index (χ0v) is 15.9. The molecular weight excluding hydrogens is 451 g/mol. The van der Waals surface area contributed by atoms with E-state index in [0.29, 0.717) is 0 Å². The second kappa shape index (κ2) is 9.60. The van der Waals surface area contributed by atoms with E-state index in [-0.39, 0.29) is 0 Å². The van der Waals surface area contributed by atoms with Crippen LogP contribution in [0.2, 0.25) is 0 Å². The van der Waals surface area contributed by atoms with Gasteiger partial charge >= 0.3 is 49.6 Å². The minimum atomic E-state index is -2.97. The standard InChI is InChI=1S/C7H6N2.C4H8OS.4ClH.Ru/c1-2-4-7-6(3-1)5-8-9-7;5-6-3-1-2-4-6;;;;;/h1-5H,(H,8,9);1-4H2;4*1H;/q;;;;;;+3/p-4. The first-order chi connectivity index (χ1) is 9.36. The van der Waals surface area contributed by atoms with Gasteiger partial charge in [-0.15, -0.1) is 0 Å². The quantitative estimate of drug-likeness (QED) is 0.566. The van der Waals surface area contributed by atoms with E-state index in [2.05, 4.69) is 10.2 Å². The molecule has 0 radical (unpaired) electrons. The Bertz CT molecular complexity index is 502. The molecule has 117 valence electrons. The molecule has 1 aliphatic heterocycles. The Hall–Kier alpha value is 0.623. The van der Waals surface area contributed by atoms with Gasteiger partial charge in [-0.2, -0.15) is 5.10 Å². The first kappa shape index (κ1) is 18.7. The summed E-state index contributed by atoms with van der Waals surface area (Å²) in [6.45, 7) is 0. The van der Waals surface area contributed by atoms with Gasteiger partial charge in [0.2, 0.25) is 0 Å². The van der Waals surface area contributed by atoms with Gasteiger partial charge in [-0.05, 0) is 18.9 Å². The molecule has 1 N–H and O–H groups in total. The van der Waals surface area contributed by atoms with Gasteiger partial charge in [0.25, 0.3) is 0 Å². The second-order valence-electron chi connectivity index (χ2n) is 3.82. The molecule has 0 unspecified atom stereocenters. The topological polar surface area (TPSA) is 45.8 Å². The largest absolute Gasteiger partial charge is 0.278 e. The van der Waals surface area contributed by atoms with Crippen LogP contribution in [0.4, 0.5) is 0 Å². The van der Waals surface area contributed by atoms with Crippen molar-refractivity contribution in [2.75, 3.05) is 11.5 Å². The number of para-hydroxylation sites is 1. The van der Waals surface area contributed by atoms with Crippen LogP contribution >= 0.6 is 38.8 Å². The second-order valence-corrected chi connectivity index (χ2v) is 21.3. The molecule has 1 saturated heterocycles. The van der Waals surface area contributed by atoms with Crippen molar-refractivity contribution in [3.05, 3.63) is 30.5 Å². The molecule has 2 aromatic rings. The van der Waals surface area contributed by atoms with Gasteiger partial charge in [-0.1, -0.05) is 18.2 Å². The van der Waals surface area contributed by atoms with Crippen LogP contribution in [0, 0.1) is 0 Å². The molecule has 1 aromatic carbocycles. The van der Waals surface area contributed by atoms with Crippen molar-refractivity contribution in [3.63, 3.8) is 0 Å². The van der Waals surface area contributed by atoms with Crippen molar-refractivity contribution >= 4 is 60.5 Å². The minimum Gasteiger partial charge on any atom is -0.278 e. The van der Waals surface area contributed by atoms with Crippen molar-refractivity contribution in [1.29, 1.82) is 0 Å². The van der Waals surface area contributed by atoms with E-state index >= 15 is 0 Å². The van der Waals surface area contributed by atoms with Crippen LogP contribution in [0.25, 0.3) is 10.9 Å². The van der Waals surface area contributed by atoms with Gasteiger partial charge in [0.05, 0.1) is 11.7 Å². The molecule has 0 spiro atoms. The van der Waals surface area contributed by atoms with Gasteiger partial charge in [0, 0.05) is 27.7 Å². The molecule has 0 atom stereocenters. The molecule has 2 heterocycles. The molecule has 0 saturated carbocycles. The molecule has 3 rings (SSSR count). The van der Waals surface area contributed by atoms with Crippen LogP contribution in [-0.4, -0.2) is 25.9 Å². The maximum atomic E-state index is 10.4. The van der Waals surface area contributed by atoms with Gasteiger partial charge in [-0.25, -0.2) is 0 Å². The van der Waals surface area contributed by atoms with E-state index in [1.807, 2.05) is 30.5 Å². The number of hydrogen-bond donors (Lipinski definition) is 1. The molecule has 1 aliphatic rings. The fraction of sp³-hybridized carbons (Fsp3) is 0.364. The number of nitrogens with one attached hydrogen (secondary N) is 1. The minimum absolute atomic E-state index is 0.423. The predicted octanol–water partition coefficient (Wildman–Crippen LogP) is 4.85. The number of halogens is 4. The van der Waals surface area contributed by atoms with Crippen LogP contribution in [0.15, 0.2) is 30.5 Å². The molecule has 0 amide bonds. The zero-order valence-electron chi connectivity index (χ0n) is 10.3. The smallest absolute Gasteiger partial charge is 0.0650 e. The Morgan fingerprint density at radius 1 is 1.10 bits per heavy atom. The third-order valence-electron chi connectivity index (χ3n) is 2.34. The van der Waals surface area contributed by atoms with E-state index in [1.165, 1.54) is 12.8 Å². The normalized spacial score (nSPS) is 16.0. The molecule has 9 heteroatoms. The van der Waals surface area contributed by atoms with Gasteiger partial charge < -0.3 is 0 Å². The first-order valence-corrected chi connectivity index (χ1v) is 16.1. The summed E-state index contributed by atoms with van der Waals surface area (Å²) in [5, 5.41) is 7.91. The van der Waals surface area contributed by atoms with Crippen LogP contribution < -0.4 is 0 Å². The number of aromatic nitrogens is 2. The van der Waals surface area contributed by atoms with Crippen molar-refractivity contribution < 1.29 is 15.0 Å². The fourth-order valence-corrected chi connectivity index (χ4v) is 2.77. The van der Waals surface area contributed by atoms with Crippen LogP contribution in [0.1, 0.15) is 12.8 Å². The Morgan fingerprint density at radius 2 is 1.65 bits per heavy atom. The monoisotopic (exact) mass is 464 g/mol. The summed E-state index contributed by atoms with van der Waals surface area (Å²) in [7, 11) is 16.6. The van der Waals surface area contributed by atoms with E-state index in [0.717, 1.165) is 22.4 Å². The zero-order chi connectivity index (χ0) is 15.0. The number of H-pyrrole nitrogens is 1. The summed E-state index contributed by atoms with van der Waals surface area (Å²) < 4.78 is 10.4. The SMILES string of the molecule is O=S1CCCC1.[Cl][Ru-]([Cl])([Cl])[Cl].c1ccc2[nH]ncc2c1. The van der Waals surface area contributed by atoms with E-state index in [9.17, 15) is 4.21 Å². The summed E-state index contributed by atoms with van der Waals surface area (Å²) in [5.74, 6) is 1.92. The number of benzene rings is 1. The van der Waals surface area contributed by atoms with Crippen LogP contribution in [0.5, 0.6) is 0 Å². The molecule has 0 aliphatic carbocycles. The third kappa shape index (κ3) is 9.54. The maximum Gasteiger partial charge on any atom is 0.0650 e. The van der Waals surface area contributed by atoms with Crippen molar-refractivity contribution in [2.24, 2.45) is 0 Å². The summed E-state index contributed by atoms with van der Waals surface area (Å²) in [6.07, 6.45) is 4.19. The van der Waals surface area contributed by atoms with Crippen LogP contribution in [0.3, 0.4) is 0 Å². The molecule has 0 bridgehead atoms. The van der Waals surface area contributed by atoms with E-state index < -0.39 is 21.6 Å². The van der Waals surface area contributed by atoms with Crippen molar-refractivity contribution in [2.45, 2.75) is 12.8 Å². The van der Waals surface area contributed by atoms with Gasteiger partial charge in [0.15, 0.2) is 0 Å². The fourth-order valence-electron chi connectivity index (χ4n) is 1.51. The van der Waals surface area contributed by atoms with Crippen molar-refractivity contribution in [3.8, 4) is 0 Å². The molecule has 1 aromatic heterocycles. The number of hydrogen-bond acceptors (Lipinski definition) is 2. The number of rotatable bonds is 0. The Kier molecular flexibility index (Phi) is 8.96. The van der Waals surface area contributed by atoms with E-state index in [1.54, 1.807) is 0 Å². The number of aromatic amines is 1. The Labute approximate surface area is 139 Å². The third-order valence-corrected chi connectivity index (χ3v) is 3.83. The van der Waals surface area contributed by atoms with Gasteiger partial charge in [-0.3, -0.25) is 9.31 Å². The van der Waals surface area contributed by atoms with Gasteiger partial charge in [0.1, 0.15) is 0 Å². The van der Waals surface area contributed by atoms with Crippen LogP contribution in [-0.2, 0) is 21.6 Å². The first-order valence-electron chi connectivity index (χ1n) is 5.63. The number of fused-ring (bicyclic) bond motifs is 1. The summed E-state index contributed by atoms with van der Waals surface area (Å²) in [6, 6.07) is 8.01. The summed E-state index contributed by atoms with van der Waals surface area (Å²) in [5.41, 5.74) is 1.09. The Morgan fingerprint density at radius 3 is 2.10 bits per heavy atom. The predicted molar refractivity (Wildman–Crippen MR) is 86.6 cm³/mol. The average molecular weight is 465 g/mol. The summed E-state index contributed by atoms with van der Waals surface area (Å²) in [4.78, 5) is 0. The number of nitrogens with zero attached hydrogens (tertiary/aromatic N) is 1. The molecular formula is C11H14Cl4N2ORuS-. The Balaban J connectivity index is 0.000000160. The molecule has 1 fully saturated rings.